The molecule has 0 amide bonds. The molecule has 6 heteroatoms. The lowest BCUT2D eigenvalue weighted by Crippen LogP contribution is -2.24. The average Bonchev–Trinajstić information content (AvgIpc) is 3.28. The first-order chi connectivity index (χ1) is 13.8. The van der Waals surface area contributed by atoms with E-state index in [2.05, 4.69) is 5.10 Å². The van der Waals surface area contributed by atoms with E-state index in [9.17, 15) is 4.79 Å². The molecule has 2 heterocycles. The van der Waals surface area contributed by atoms with Crippen molar-refractivity contribution in [1.82, 2.24) is 9.78 Å². The van der Waals surface area contributed by atoms with Crippen molar-refractivity contribution in [1.29, 1.82) is 0 Å². The summed E-state index contributed by atoms with van der Waals surface area (Å²) >= 11 is 1.62. The molecule has 0 unspecified atom stereocenters. The lowest BCUT2D eigenvalue weighted by Gasteiger charge is -2.11. The molecule has 0 aliphatic heterocycles. The predicted octanol–water partition coefficient (Wildman–Crippen LogP) is 4.60. The quantitative estimate of drug-likeness (QED) is 0.431. The number of hydrogen-bond donors (Lipinski definition) is 0. The molecule has 4 rings (SSSR count). The van der Waals surface area contributed by atoms with Gasteiger partial charge in [-0.3, -0.25) is 4.79 Å². The normalized spacial score (nSPS) is 10.9. The second-order valence-corrected chi connectivity index (χ2v) is 7.23. The molecule has 142 valence electrons. The fraction of sp³-hybridized carbons (Fsp3) is 0.182. The van der Waals surface area contributed by atoms with E-state index in [-0.39, 0.29) is 5.56 Å². The highest BCUT2D eigenvalue weighted by atomic mass is 32.1. The van der Waals surface area contributed by atoms with E-state index in [1.165, 1.54) is 0 Å². The van der Waals surface area contributed by atoms with Gasteiger partial charge in [0.05, 0.1) is 24.0 Å². The van der Waals surface area contributed by atoms with Gasteiger partial charge in [-0.2, -0.15) is 5.10 Å². The van der Waals surface area contributed by atoms with E-state index in [1.54, 1.807) is 23.1 Å². The van der Waals surface area contributed by atoms with Crippen molar-refractivity contribution in [3.8, 4) is 22.1 Å². The SMILES string of the molecule is COc1ccc(OCCCn2nc(-c3cccs3)c3ccccc3c2=O)cc1. The zero-order valence-corrected chi connectivity index (χ0v) is 16.3. The summed E-state index contributed by atoms with van der Waals surface area (Å²) < 4.78 is 12.5. The number of ether oxygens (including phenoxy) is 2. The first kappa shape index (κ1) is 18.3. The third-order valence-corrected chi connectivity index (χ3v) is 5.34. The minimum atomic E-state index is -0.0691. The Balaban J connectivity index is 1.52. The smallest absolute Gasteiger partial charge is 0.274 e. The molecule has 0 N–H and O–H groups in total. The highest BCUT2D eigenvalue weighted by Crippen LogP contribution is 2.28. The summed E-state index contributed by atoms with van der Waals surface area (Å²) in [5, 5.41) is 8.25. The fourth-order valence-electron chi connectivity index (χ4n) is 3.06. The number of aromatic nitrogens is 2. The Morgan fingerprint density at radius 3 is 2.43 bits per heavy atom. The number of hydrogen-bond acceptors (Lipinski definition) is 5. The van der Waals surface area contributed by atoms with E-state index in [0.717, 1.165) is 27.5 Å². The summed E-state index contributed by atoms with van der Waals surface area (Å²) in [5.74, 6) is 1.57. The molecule has 0 spiro atoms. The largest absolute Gasteiger partial charge is 0.497 e. The minimum absolute atomic E-state index is 0.0691. The summed E-state index contributed by atoms with van der Waals surface area (Å²) in [5.41, 5.74) is 0.779. The van der Waals surface area contributed by atoms with Gasteiger partial charge >= 0.3 is 0 Å². The van der Waals surface area contributed by atoms with Crippen LogP contribution in [0.3, 0.4) is 0 Å². The third kappa shape index (κ3) is 3.77. The summed E-state index contributed by atoms with van der Waals surface area (Å²) in [4.78, 5) is 13.9. The van der Waals surface area contributed by atoms with E-state index in [4.69, 9.17) is 9.47 Å². The van der Waals surface area contributed by atoms with Crippen LogP contribution in [-0.4, -0.2) is 23.5 Å². The van der Waals surface area contributed by atoms with Gasteiger partial charge in [0, 0.05) is 18.4 Å². The number of benzene rings is 2. The van der Waals surface area contributed by atoms with Crippen LogP contribution in [0, 0.1) is 0 Å². The molecule has 0 aliphatic carbocycles. The van der Waals surface area contributed by atoms with Crippen molar-refractivity contribution in [2.75, 3.05) is 13.7 Å². The van der Waals surface area contributed by atoms with Crippen molar-refractivity contribution < 1.29 is 9.47 Å². The molecule has 4 aromatic rings. The first-order valence-electron chi connectivity index (χ1n) is 9.07. The van der Waals surface area contributed by atoms with Crippen LogP contribution in [0.25, 0.3) is 21.3 Å². The van der Waals surface area contributed by atoms with Gasteiger partial charge in [0.15, 0.2) is 0 Å². The standard InChI is InChI=1S/C22H20N2O3S/c1-26-16-9-11-17(12-10-16)27-14-5-13-24-22(25)19-7-3-2-6-18(19)21(23-24)20-8-4-15-28-20/h2-4,6-12,15H,5,13-14H2,1H3. The Morgan fingerprint density at radius 2 is 1.71 bits per heavy atom. The van der Waals surface area contributed by atoms with Crippen LogP contribution in [0.15, 0.2) is 70.8 Å². The average molecular weight is 392 g/mol. The third-order valence-electron chi connectivity index (χ3n) is 4.46. The van der Waals surface area contributed by atoms with E-state index >= 15 is 0 Å². The highest BCUT2D eigenvalue weighted by molar-refractivity contribution is 7.13. The number of nitrogens with zero attached hydrogens (tertiary/aromatic N) is 2. The molecule has 2 aromatic carbocycles. The van der Waals surface area contributed by atoms with Gasteiger partial charge < -0.3 is 9.47 Å². The van der Waals surface area contributed by atoms with Crippen LogP contribution in [0.4, 0.5) is 0 Å². The van der Waals surface area contributed by atoms with Gasteiger partial charge in [-0.15, -0.1) is 11.3 Å². The molecule has 2 aromatic heterocycles. The summed E-state index contributed by atoms with van der Waals surface area (Å²) in [6, 6.07) is 19.1. The van der Waals surface area contributed by atoms with Crippen LogP contribution in [-0.2, 0) is 6.54 Å². The van der Waals surface area contributed by atoms with E-state index in [1.807, 2.05) is 66.0 Å². The molecule has 0 fully saturated rings. The zero-order valence-electron chi connectivity index (χ0n) is 15.5. The molecule has 0 radical (unpaired) electrons. The lowest BCUT2D eigenvalue weighted by molar-refractivity contribution is 0.297. The molecule has 0 aliphatic rings. The fourth-order valence-corrected chi connectivity index (χ4v) is 3.78. The number of aryl methyl sites for hydroxylation is 1. The molecule has 0 bridgehead atoms. The Bertz CT molecular complexity index is 1120. The van der Waals surface area contributed by atoms with Gasteiger partial charge in [-0.05, 0) is 41.8 Å². The van der Waals surface area contributed by atoms with Crippen LogP contribution < -0.4 is 15.0 Å². The molecular formula is C22H20N2O3S. The Hall–Kier alpha value is -3.12. The number of methoxy groups -OCH3 is 1. The van der Waals surface area contributed by atoms with Gasteiger partial charge in [0.2, 0.25) is 0 Å². The predicted molar refractivity (Wildman–Crippen MR) is 112 cm³/mol. The van der Waals surface area contributed by atoms with Gasteiger partial charge in [0.1, 0.15) is 17.2 Å². The van der Waals surface area contributed by atoms with Gasteiger partial charge in [-0.25, -0.2) is 4.68 Å². The Kier molecular flexibility index (Phi) is 5.39. The number of fused-ring (bicyclic) bond motifs is 1. The van der Waals surface area contributed by atoms with Crippen LogP contribution in [0.5, 0.6) is 11.5 Å². The summed E-state index contributed by atoms with van der Waals surface area (Å²) in [7, 11) is 1.63. The molecule has 0 atom stereocenters. The van der Waals surface area contributed by atoms with Crippen molar-refractivity contribution >= 4 is 22.1 Å². The maximum absolute atomic E-state index is 12.8. The summed E-state index contributed by atoms with van der Waals surface area (Å²) in [6.07, 6.45) is 0.682. The number of thiophene rings is 1. The van der Waals surface area contributed by atoms with Crippen molar-refractivity contribution in [2.45, 2.75) is 13.0 Å². The van der Waals surface area contributed by atoms with Crippen LogP contribution in [0.1, 0.15) is 6.42 Å². The van der Waals surface area contributed by atoms with Crippen LogP contribution >= 0.6 is 11.3 Å². The first-order valence-corrected chi connectivity index (χ1v) is 9.95. The van der Waals surface area contributed by atoms with Crippen molar-refractivity contribution in [3.05, 3.63) is 76.4 Å². The van der Waals surface area contributed by atoms with E-state index < -0.39 is 0 Å². The second-order valence-electron chi connectivity index (χ2n) is 6.28. The van der Waals surface area contributed by atoms with Gasteiger partial charge in [-0.1, -0.05) is 24.3 Å². The Morgan fingerprint density at radius 1 is 0.964 bits per heavy atom. The van der Waals surface area contributed by atoms with Gasteiger partial charge in [0.25, 0.3) is 5.56 Å². The minimum Gasteiger partial charge on any atom is -0.497 e. The Labute approximate surface area is 166 Å². The molecule has 28 heavy (non-hydrogen) atoms. The van der Waals surface area contributed by atoms with Crippen molar-refractivity contribution in [2.24, 2.45) is 0 Å². The highest BCUT2D eigenvalue weighted by Gasteiger charge is 2.12. The lowest BCUT2D eigenvalue weighted by atomic mass is 10.1. The van der Waals surface area contributed by atoms with Crippen LogP contribution in [0.2, 0.25) is 0 Å². The summed E-state index contributed by atoms with van der Waals surface area (Å²) in [6.45, 7) is 1.000. The topological polar surface area (TPSA) is 53.4 Å². The zero-order chi connectivity index (χ0) is 19.3. The molecular weight excluding hydrogens is 372 g/mol. The monoisotopic (exact) mass is 392 g/mol. The maximum Gasteiger partial charge on any atom is 0.274 e. The number of rotatable bonds is 7. The second kappa shape index (κ2) is 8.27. The van der Waals surface area contributed by atoms with Crippen molar-refractivity contribution in [3.63, 3.8) is 0 Å². The molecule has 5 nitrogen and oxygen atoms in total. The molecule has 0 saturated carbocycles. The maximum atomic E-state index is 12.8. The van der Waals surface area contributed by atoms with E-state index in [0.29, 0.717) is 25.0 Å². The molecule has 0 saturated heterocycles.